The van der Waals surface area contributed by atoms with E-state index in [0.717, 1.165) is 37.2 Å². The Bertz CT molecular complexity index is 708. The Hall–Kier alpha value is -1.93. The highest BCUT2D eigenvalue weighted by atomic mass is 16.5. The molecule has 8 heteroatoms. The van der Waals surface area contributed by atoms with Crippen LogP contribution in [-0.4, -0.2) is 73.4 Å². The third-order valence-electron chi connectivity index (χ3n) is 5.53. The summed E-state index contributed by atoms with van der Waals surface area (Å²) in [5.74, 6) is 0.882. The molecular weight excluding hydrogens is 336 g/mol. The van der Waals surface area contributed by atoms with Crippen LogP contribution in [0, 0.1) is 5.92 Å². The zero-order chi connectivity index (χ0) is 17.9. The van der Waals surface area contributed by atoms with Gasteiger partial charge in [-0.05, 0) is 19.3 Å². The van der Waals surface area contributed by atoms with Gasteiger partial charge in [0.25, 0.3) is 5.56 Å². The molecule has 3 aliphatic heterocycles. The van der Waals surface area contributed by atoms with Gasteiger partial charge in [0.2, 0.25) is 11.9 Å². The van der Waals surface area contributed by atoms with Crippen molar-refractivity contribution in [2.75, 3.05) is 57.5 Å². The van der Waals surface area contributed by atoms with Crippen LogP contribution in [0.4, 0.5) is 5.95 Å². The number of nitrogens with one attached hydrogen (secondary N) is 1. The first-order valence-electron chi connectivity index (χ1n) is 9.53. The van der Waals surface area contributed by atoms with E-state index in [0.29, 0.717) is 58.3 Å². The normalized spacial score (nSPS) is 22.0. The highest BCUT2D eigenvalue weighted by Crippen LogP contribution is 2.20. The molecule has 4 heterocycles. The number of anilines is 1. The lowest BCUT2D eigenvalue weighted by Gasteiger charge is -2.28. The van der Waals surface area contributed by atoms with Crippen LogP contribution in [0.1, 0.15) is 24.1 Å². The van der Waals surface area contributed by atoms with E-state index < -0.39 is 0 Å². The number of fused-ring (bicyclic) bond motifs is 1. The summed E-state index contributed by atoms with van der Waals surface area (Å²) < 4.78 is 10.7. The molecule has 3 aliphatic rings. The van der Waals surface area contributed by atoms with E-state index in [2.05, 4.69) is 9.88 Å². The monoisotopic (exact) mass is 362 g/mol. The Morgan fingerprint density at radius 2 is 1.69 bits per heavy atom. The Labute approximate surface area is 152 Å². The molecule has 1 aromatic heterocycles. The number of H-pyrrole nitrogens is 1. The molecule has 0 unspecified atom stereocenters. The third kappa shape index (κ3) is 3.61. The first-order valence-corrected chi connectivity index (χ1v) is 9.53. The van der Waals surface area contributed by atoms with Crippen molar-refractivity contribution in [2.24, 2.45) is 5.92 Å². The molecule has 0 atom stereocenters. The maximum Gasteiger partial charge on any atom is 0.255 e. The van der Waals surface area contributed by atoms with Crippen LogP contribution >= 0.6 is 0 Å². The standard InChI is InChI=1S/C18H26N4O4/c23-16-14-1-5-21(17(24)13-3-9-25-10-4-13)6-2-15(14)19-18(20-16)22-7-11-26-12-8-22/h13H,1-12H2,(H,19,20,23). The lowest BCUT2D eigenvalue weighted by molar-refractivity contribution is -0.138. The first kappa shape index (κ1) is 17.5. The maximum atomic E-state index is 12.8. The van der Waals surface area contributed by atoms with Crippen LogP contribution in [0.3, 0.4) is 0 Å². The number of carbonyl (C=O) groups excluding carboxylic acids is 1. The number of aromatic amines is 1. The quantitative estimate of drug-likeness (QED) is 0.794. The molecular formula is C18H26N4O4. The molecule has 8 nitrogen and oxygen atoms in total. The van der Waals surface area contributed by atoms with E-state index in [9.17, 15) is 9.59 Å². The summed E-state index contributed by atoms with van der Waals surface area (Å²) in [6, 6.07) is 0. The summed E-state index contributed by atoms with van der Waals surface area (Å²) >= 11 is 0. The van der Waals surface area contributed by atoms with Gasteiger partial charge >= 0.3 is 0 Å². The molecule has 1 amide bonds. The highest BCUT2D eigenvalue weighted by Gasteiger charge is 2.29. The van der Waals surface area contributed by atoms with E-state index in [1.165, 1.54) is 0 Å². The summed E-state index contributed by atoms with van der Waals surface area (Å²) in [6.45, 7) is 5.30. The second-order valence-corrected chi connectivity index (χ2v) is 7.13. The minimum absolute atomic E-state index is 0.0557. The zero-order valence-corrected chi connectivity index (χ0v) is 15.0. The number of morpholine rings is 1. The van der Waals surface area contributed by atoms with Crippen molar-refractivity contribution in [2.45, 2.75) is 25.7 Å². The first-order chi connectivity index (χ1) is 12.7. The smallest absolute Gasteiger partial charge is 0.255 e. The number of rotatable bonds is 2. The minimum atomic E-state index is -0.0724. The van der Waals surface area contributed by atoms with Gasteiger partial charge in [0, 0.05) is 57.3 Å². The summed E-state index contributed by atoms with van der Waals surface area (Å²) in [7, 11) is 0. The zero-order valence-electron chi connectivity index (χ0n) is 15.0. The Kier molecular flexibility index (Phi) is 5.21. The summed E-state index contributed by atoms with van der Waals surface area (Å²) in [6.07, 6.45) is 2.78. The van der Waals surface area contributed by atoms with Crippen LogP contribution in [0.15, 0.2) is 4.79 Å². The molecule has 4 rings (SSSR count). The van der Waals surface area contributed by atoms with Crippen molar-refractivity contribution < 1.29 is 14.3 Å². The van der Waals surface area contributed by atoms with Gasteiger partial charge in [0.15, 0.2) is 0 Å². The molecule has 0 aromatic carbocycles. The Morgan fingerprint density at radius 3 is 2.46 bits per heavy atom. The van der Waals surface area contributed by atoms with E-state index in [1.807, 2.05) is 4.90 Å². The van der Waals surface area contributed by atoms with Gasteiger partial charge < -0.3 is 19.3 Å². The van der Waals surface area contributed by atoms with Crippen LogP contribution in [0.5, 0.6) is 0 Å². The van der Waals surface area contributed by atoms with E-state index in [4.69, 9.17) is 14.5 Å². The van der Waals surface area contributed by atoms with Gasteiger partial charge in [-0.25, -0.2) is 4.98 Å². The molecule has 0 bridgehead atoms. The fourth-order valence-corrected chi connectivity index (χ4v) is 3.94. The third-order valence-corrected chi connectivity index (χ3v) is 5.53. The second kappa shape index (κ2) is 7.75. The fourth-order valence-electron chi connectivity index (χ4n) is 3.94. The summed E-state index contributed by atoms with van der Waals surface area (Å²) in [5.41, 5.74) is 1.48. The lowest BCUT2D eigenvalue weighted by atomic mass is 9.98. The number of hydrogen-bond donors (Lipinski definition) is 1. The Morgan fingerprint density at radius 1 is 1.00 bits per heavy atom. The summed E-state index contributed by atoms with van der Waals surface area (Å²) in [5, 5.41) is 0. The molecule has 1 N–H and O–H groups in total. The largest absolute Gasteiger partial charge is 0.381 e. The van der Waals surface area contributed by atoms with Gasteiger partial charge in [0.1, 0.15) is 0 Å². The molecule has 2 saturated heterocycles. The van der Waals surface area contributed by atoms with E-state index >= 15 is 0 Å². The van der Waals surface area contributed by atoms with E-state index in [1.54, 1.807) is 0 Å². The molecule has 2 fully saturated rings. The van der Waals surface area contributed by atoms with Crippen molar-refractivity contribution in [3.05, 3.63) is 21.6 Å². The van der Waals surface area contributed by atoms with Crippen LogP contribution < -0.4 is 10.5 Å². The predicted octanol–water partition coefficient (Wildman–Crippen LogP) is -0.0397. The van der Waals surface area contributed by atoms with Gasteiger partial charge in [-0.3, -0.25) is 14.6 Å². The predicted molar refractivity (Wildman–Crippen MR) is 95.4 cm³/mol. The summed E-state index contributed by atoms with van der Waals surface area (Å²) in [4.78, 5) is 37.0. The van der Waals surface area contributed by atoms with Crippen molar-refractivity contribution in [3.8, 4) is 0 Å². The molecule has 0 aliphatic carbocycles. The maximum absolute atomic E-state index is 12.8. The number of aromatic nitrogens is 2. The van der Waals surface area contributed by atoms with Crippen LogP contribution in [-0.2, 0) is 27.1 Å². The lowest BCUT2D eigenvalue weighted by Crippen LogP contribution is -2.40. The van der Waals surface area contributed by atoms with Crippen LogP contribution in [0.25, 0.3) is 0 Å². The minimum Gasteiger partial charge on any atom is -0.381 e. The molecule has 0 spiro atoms. The van der Waals surface area contributed by atoms with Gasteiger partial charge in [-0.2, -0.15) is 0 Å². The topological polar surface area (TPSA) is 87.8 Å². The average molecular weight is 362 g/mol. The van der Waals surface area contributed by atoms with Crippen molar-refractivity contribution >= 4 is 11.9 Å². The molecule has 142 valence electrons. The number of hydrogen-bond acceptors (Lipinski definition) is 6. The van der Waals surface area contributed by atoms with Gasteiger partial charge in [0.05, 0.1) is 18.9 Å². The highest BCUT2D eigenvalue weighted by molar-refractivity contribution is 5.79. The van der Waals surface area contributed by atoms with Crippen molar-refractivity contribution in [3.63, 3.8) is 0 Å². The average Bonchev–Trinajstić information content (AvgIpc) is 2.92. The molecule has 0 saturated carbocycles. The van der Waals surface area contributed by atoms with Gasteiger partial charge in [-0.1, -0.05) is 0 Å². The second-order valence-electron chi connectivity index (χ2n) is 7.13. The van der Waals surface area contributed by atoms with Crippen molar-refractivity contribution in [1.29, 1.82) is 0 Å². The SMILES string of the molecule is O=C(C1CCOCC1)N1CCc2nc(N3CCOCC3)[nH]c(=O)c2CC1. The van der Waals surface area contributed by atoms with Gasteiger partial charge in [-0.15, -0.1) is 0 Å². The number of carbonyl (C=O) groups is 1. The Balaban J connectivity index is 1.49. The number of nitrogens with zero attached hydrogens (tertiary/aromatic N) is 3. The van der Waals surface area contributed by atoms with Crippen molar-refractivity contribution in [1.82, 2.24) is 14.9 Å². The molecule has 26 heavy (non-hydrogen) atoms. The molecule has 1 aromatic rings. The molecule has 0 radical (unpaired) electrons. The van der Waals surface area contributed by atoms with E-state index in [-0.39, 0.29) is 17.4 Å². The number of amides is 1. The van der Waals surface area contributed by atoms with Crippen LogP contribution in [0.2, 0.25) is 0 Å². The fraction of sp³-hybridized carbons (Fsp3) is 0.722. The number of ether oxygens (including phenoxy) is 2.